The van der Waals surface area contributed by atoms with Gasteiger partial charge in [-0.15, -0.1) is 11.3 Å². The van der Waals surface area contributed by atoms with Crippen LogP contribution in [0, 0.1) is 0 Å². The molecule has 10 nitrogen and oxygen atoms in total. The van der Waals surface area contributed by atoms with Crippen LogP contribution in [0.2, 0.25) is 0 Å². The second kappa shape index (κ2) is 12.0. The Morgan fingerprint density at radius 2 is 1.74 bits per heavy atom. The lowest BCUT2D eigenvalue weighted by atomic mass is 10.1. The van der Waals surface area contributed by atoms with E-state index in [1.807, 2.05) is 30.3 Å². The van der Waals surface area contributed by atoms with Crippen LogP contribution in [0.25, 0.3) is 0 Å². The molecule has 0 unspecified atom stereocenters. The number of nitrogens with one attached hydrogen (secondary N) is 3. The van der Waals surface area contributed by atoms with Crippen LogP contribution in [0.4, 0.5) is 16.5 Å². The summed E-state index contributed by atoms with van der Waals surface area (Å²) in [6, 6.07) is 19.0. The first kappa shape index (κ1) is 27.0. The quantitative estimate of drug-likeness (QED) is 0.195. The van der Waals surface area contributed by atoms with Crippen LogP contribution in [0.1, 0.15) is 20.8 Å². The molecule has 0 aliphatic carbocycles. The van der Waals surface area contributed by atoms with Crippen molar-refractivity contribution < 1.29 is 22.7 Å². The molecule has 0 amide bonds. The van der Waals surface area contributed by atoms with Crippen molar-refractivity contribution in [3.63, 3.8) is 0 Å². The standard InChI is InChI=1S/C25H23N5O5S3/c1-34-22-14-21(26-15-27-22)30-38(32,33)19-10-8-17(9-11-19)28-25(36)29-23-20(24(31)35-2)13-18(37-23)12-16-6-4-3-5-7-16/h3-11,13-15H,12H2,1-2H3,(H,26,27,30)(H2,28,29,36). The van der Waals surface area contributed by atoms with Crippen LogP contribution in [0.15, 0.2) is 78.0 Å². The maximum atomic E-state index is 12.7. The van der Waals surface area contributed by atoms with E-state index in [9.17, 15) is 13.2 Å². The van der Waals surface area contributed by atoms with E-state index in [0.29, 0.717) is 22.7 Å². The number of rotatable bonds is 9. The average Bonchev–Trinajstić information content (AvgIpc) is 3.30. The number of hydrogen-bond acceptors (Lipinski definition) is 9. The van der Waals surface area contributed by atoms with Crippen LogP contribution in [0.5, 0.6) is 5.88 Å². The Balaban J connectivity index is 1.43. The highest BCUT2D eigenvalue weighted by atomic mass is 32.2. The molecule has 4 rings (SSSR count). The minimum atomic E-state index is -3.90. The Morgan fingerprint density at radius 3 is 2.42 bits per heavy atom. The SMILES string of the molecule is COC(=O)c1cc(Cc2ccccc2)sc1NC(=S)Nc1ccc(S(=O)(=O)Nc2cc(OC)ncn2)cc1. The Morgan fingerprint density at radius 1 is 1.00 bits per heavy atom. The third-order valence-corrected chi connectivity index (χ3v) is 7.77. The number of benzene rings is 2. The molecular weight excluding hydrogens is 547 g/mol. The Hall–Kier alpha value is -4.07. The highest BCUT2D eigenvalue weighted by molar-refractivity contribution is 7.92. The summed E-state index contributed by atoms with van der Waals surface area (Å²) in [5.41, 5.74) is 2.04. The van der Waals surface area contributed by atoms with Gasteiger partial charge < -0.3 is 20.1 Å². The molecule has 0 aliphatic rings. The predicted octanol–water partition coefficient (Wildman–Crippen LogP) is 4.53. The van der Waals surface area contributed by atoms with Gasteiger partial charge in [-0.3, -0.25) is 4.72 Å². The largest absolute Gasteiger partial charge is 0.481 e. The van der Waals surface area contributed by atoms with Crippen molar-refractivity contribution in [2.45, 2.75) is 11.3 Å². The van der Waals surface area contributed by atoms with Crippen molar-refractivity contribution in [2.75, 3.05) is 29.6 Å². The first-order chi connectivity index (χ1) is 18.3. The molecule has 0 saturated heterocycles. The lowest BCUT2D eigenvalue weighted by Crippen LogP contribution is -2.20. The van der Waals surface area contributed by atoms with E-state index in [2.05, 4.69) is 25.3 Å². The molecule has 3 N–H and O–H groups in total. The molecule has 2 aromatic carbocycles. The molecule has 0 bridgehead atoms. The summed E-state index contributed by atoms with van der Waals surface area (Å²) in [7, 11) is -1.15. The van der Waals surface area contributed by atoms with Crippen molar-refractivity contribution in [2.24, 2.45) is 0 Å². The molecule has 0 atom stereocenters. The van der Waals surface area contributed by atoms with E-state index in [1.165, 1.54) is 50.1 Å². The fourth-order valence-corrected chi connectivity index (χ4v) is 5.73. The van der Waals surface area contributed by atoms with Crippen LogP contribution in [-0.2, 0) is 21.2 Å². The minimum Gasteiger partial charge on any atom is -0.481 e. The fraction of sp³-hybridized carbons (Fsp3) is 0.120. The van der Waals surface area contributed by atoms with Gasteiger partial charge in [0.1, 0.15) is 17.1 Å². The van der Waals surface area contributed by atoms with Crippen molar-refractivity contribution >= 4 is 61.2 Å². The molecule has 0 aliphatic heterocycles. The van der Waals surface area contributed by atoms with Gasteiger partial charge in [0.05, 0.1) is 24.7 Å². The van der Waals surface area contributed by atoms with Gasteiger partial charge in [-0.2, -0.15) is 0 Å². The fourth-order valence-electron chi connectivity index (χ4n) is 3.37. The second-order valence-corrected chi connectivity index (χ2v) is 11.0. The van der Waals surface area contributed by atoms with Gasteiger partial charge in [0.15, 0.2) is 5.11 Å². The number of carbonyl (C=O) groups is 1. The van der Waals surface area contributed by atoms with Crippen LogP contribution in [0.3, 0.4) is 0 Å². The van der Waals surface area contributed by atoms with Crippen molar-refractivity contribution in [1.29, 1.82) is 0 Å². The Labute approximate surface area is 229 Å². The summed E-state index contributed by atoms with van der Waals surface area (Å²) in [6.07, 6.45) is 1.85. The number of thiophene rings is 1. The Bertz CT molecular complexity index is 1540. The zero-order valence-corrected chi connectivity index (χ0v) is 22.7. The van der Waals surface area contributed by atoms with Gasteiger partial charge in [-0.1, -0.05) is 30.3 Å². The number of sulfonamides is 1. The number of carbonyl (C=O) groups excluding carboxylic acids is 1. The lowest BCUT2D eigenvalue weighted by Gasteiger charge is -2.12. The number of thiocarbonyl (C=S) groups is 1. The summed E-state index contributed by atoms with van der Waals surface area (Å²) in [5.74, 6) is -0.172. The second-order valence-electron chi connectivity index (χ2n) is 7.76. The average molecular weight is 570 g/mol. The van der Waals surface area contributed by atoms with E-state index >= 15 is 0 Å². The number of anilines is 3. The molecular formula is C25H23N5O5S3. The molecule has 0 saturated carbocycles. The van der Waals surface area contributed by atoms with Crippen LogP contribution < -0.4 is 20.1 Å². The number of nitrogens with zero attached hydrogens (tertiary/aromatic N) is 2. The van der Waals surface area contributed by atoms with Gasteiger partial charge in [0.2, 0.25) is 5.88 Å². The molecule has 2 heterocycles. The van der Waals surface area contributed by atoms with Gasteiger partial charge >= 0.3 is 5.97 Å². The normalized spacial score (nSPS) is 10.9. The van der Waals surface area contributed by atoms with Gasteiger partial charge in [-0.25, -0.2) is 23.2 Å². The summed E-state index contributed by atoms with van der Waals surface area (Å²) < 4.78 is 37.8. The smallest absolute Gasteiger partial charge is 0.340 e. The van der Waals surface area contributed by atoms with Crippen LogP contribution >= 0.6 is 23.6 Å². The highest BCUT2D eigenvalue weighted by Gasteiger charge is 2.19. The summed E-state index contributed by atoms with van der Waals surface area (Å²) >= 11 is 6.83. The van der Waals surface area contributed by atoms with E-state index < -0.39 is 16.0 Å². The van der Waals surface area contributed by atoms with E-state index in [0.717, 1.165) is 10.4 Å². The molecule has 0 radical (unpaired) electrons. The topological polar surface area (TPSA) is 132 Å². The predicted molar refractivity (Wildman–Crippen MR) is 151 cm³/mol. The monoisotopic (exact) mass is 569 g/mol. The lowest BCUT2D eigenvalue weighted by molar-refractivity contribution is 0.0602. The van der Waals surface area contributed by atoms with Gasteiger partial charge in [0.25, 0.3) is 10.0 Å². The van der Waals surface area contributed by atoms with Crippen molar-refractivity contribution in [3.05, 3.63) is 89.1 Å². The van der Waals surface area contributed by atoms with Gasteiger partial charge in [0, 0.05) is 23.1 Å². The van der Waals surface area contributed by atoms with E-state index in [-0.39, 0.29) is 21.7 Å². The summed E-state index contributed by atoms with van der Waals surface area (Å²) in [4.78, 5) is 21.1. The minimum absolute atomic E-state index is 0.0243. The third-order valence-electron chi connectivity index (χ3n) is 5.15. The van der Waals surface area contributed by atoms with Crippen molar-refractivity contribution in [1.82, 2.24) is 9.97 Å². The number of ether oxygens (including phenoxy) is 2. The highest BCUT2D eigenvalue weighted by Crippen LogP contribution is 2.31. The molecule has 0 spiro atoms. The first-order valence-corrected chi connectivity index (χ1v) is 13.8. The first-order valence-electron chi connectivity index (χ1n) is 11.1. The zero-order valence-electron chi connectivity index (χ0n) is 20.3. The van der Waals surface area contributed by atoms with Crippen LogP contribution in [-0.4, -0.2) is 43.7 Å². The zero-order chi connectivity index (χ0) is 27.1. The van der Waals surface area contributed by atoms with E-state index in [4.69, 9.17) is 21.7 Å². The maximum Gasteiger partial charge on any atom is 0.340 e. The number of aromatic nitrogens is 2. The van der Waals surface area contributed by atoms with Crippen molar-refractivity contribution in [3.8, 4) is 5.88 Å². The summed E-state index contributed by atoms with van der Waals surface area (Å²) in [5, 5.41) is 6.82. The Kier molecular flexibility index (Phi) is 8.51. The number of esters is 1. The third kappa shape index (κ3) is 6.82. The number of hydrogen-bond donors (Lipinski definition) is 3. The molecule has 4 aromatic rings. The van der Waals surface area contributed by atoms with Gasteiger partial charge in [-0.05, 0) is 48.1 Å². The number of methoxy groups -OCH3 is 2. The molecule has 13 heteroatoms. The van der Waals surface area contributed by atoms with E-state index in [1.54, 1.807) is 18.2 Å². The molecule has 2 aromatic heterocycles. The maximum absolute atomic E-state index is 12.7. The molecule has 0 fully saturated rings. The molecule has 196 valence electrons. The summed E-state index contributed by atoms with van der Waals surface area (Å²) in [6.45, 7) is 0. The molecule has 38 heavy (non-hydrogen) atoms.